The summed E-state index contributed by atoms with van der Waals surface area (Å²) in [6.07, 6.45) is 3.88. The van der Waals surface area contributed by atoms with E-state index in [4.69, 9.17) is 23.2 Å². The molecule has 3 aromatic rings. The number of pyridine rings is 1. The van der Waals surface area contributed by atoms with Crippen molar-refractivity contribution in [3.63, 3.8) is 0 Å². The fraction of sp³-hybridized carbons (Fsp3) is 0.222. The molecule has 26 heavy (non-hydrogen) atoms. The third-order valence-electron chi connectivity index (χ3n) is 4.45. The van der Waals surface area contributed by atoms with E-state index in [0.717, 1.165) is 36.1 Å². The predicted octanol–water partition coefficient (Wildman–Crippen LogP) is 4.73. The summed E-state index contributed by atoms with van der Waals surface area (Å²) in [7, 11) is 0. The third-order valence-corrected chi connectivity index (χ3v) is 6.09. The van der Waals surface area contributed by atoms with Crippen LogP contribution in [0.1, 0.15) is 33.6 Å². The van der Waals surface area contributed by atoms with Crippen molar-refractivity contribution in [2.75, 3.05) is 5.32 Å². The minimum absolute atomic E-state index is 0.270. The number of halogens is 2. The van der Waals surface area contributed by atoms with Crippen LogP contribution in [-0.2, 0) is 12.8 Å². The van der Waals surface area contributed by atoms with Gasteiger partial charge in [0.05, 0.1) is 5.39 Å². The van der Waals surface area contributed by atoms with Crippen molar-refractivity contribution in [3.05, 3.63) is 54.6 Å². The molecule has 1 amide bonds. The number of anilines is 1. The lowest BCUT2D eigenvalue weighted by atomic mass is 9.96. The van der Waals surface area contributed by atoms with Gasteiger partial charge in [0, 0.05) is 20.6 Å². The second kappa shape index (κ2) is 6.61. The summed E-state index contributed by atoms with van der Waals surface area (Å²) in [6.45, 7) is 0. The van der Waals surface area contributed by atoms with Gasteiger partial charge in [0.15, 0.2) is 0 Å². The number of hydrogen-bond acceptors (Lipinski definition) is 4. The summed E-state index contributed by atoms with van der Waals surface area (Å²) in [5, 5.41) is 14.6. The van der Waals surface area contributed by atoms with Crippen molar-refractivity contribution in [2.24, 2.45) is 0 Å². The van der Waals surface area contributed by atoms with E-state index in [-0.39, 0.29) is 11.3 Å². The van der Waals surface area contributed by atoms with Gasteiger partial charge >= 0.3 is 0 Å². The molecule has 5 nitrogen and oxygen atoms in total. The molecule has 3 N–H and O–H groups in total. The number of hydrogen-bond donors (Lipinski definition) is 3. The number of aromatic nitrogens is 1. The lowest BCUT2D eigenvalue weighted by molar-refractivity contribution is 0.102. The van der Waals surface area contributed by atoms with E-state index >= 15 is 0 Å². The molecule has 2 aromatic heterocycles. The molecule has 134 valence electrons. The maximum Gasteiger partial charge on any atom is 0.265 e. The first-order valence-electron chi connectivity index (χ1n) is 8.11. The van der Waals surface area contributed by atoms with Gasteiger partial charge in [0.1, 0.15) is 16.1 Å². The van der Waals surface area contributed by atoms with Crippen LogP contribution in [-0.4, -0.2) is 16.0 Å². The Morgan fingerprint density at radius 3 is 2.58 bits per heavy atom. The molecule has 1 aliphatic carbocycles. The molecule has 2 heterocycles. The van der Waals surface area contributed by atoms with E-state index in [0.29, 0.717) is 25.9 Å². The van der Waals surface area contributed by atoms with Gasteiger partial charge < -0.3 is 15.4 Å². The van der Waals surface area contributed by atoms with Gasteiger partial charge in [0.25, 0.3) is 11.5 Å². The van der Waals surface area contributed by atoms with Crippen LogP contribution >= 0.6 is 34.5 Å². The Morgan fingerprint density at radius 1 is 1.15 bits per heavy atom. The molecular formula is C18H14Cl2N2O3S. The van der Waals surface area contributed by atoms with E-state index in [2.05, 4.69) is 10.3 Å². The van der Waals surface area contributed by atoms with Gasteiger partial charge in [-0.15, -0.1) is 11.3 Å². The van der Waals surface area contributed by atoms with Crippen LogP contribution in [0.15, 0.2) is 23.0 Å². The summed E-state index contributed by atoms with van der Waals surface area (Å²) in [5.41, 5.74) is 0.447. The first kappa shape index (κ1) is 17.4. The van der Waals surface area contributed by atoms with Crippen molar-refractivity contribution in [2.45, 2.75) is 25.7 Å². The number of H-pyrrole nitrogens is 1. The molecule has 0 spiro atoms. The van der Waals surface area contributed by atoms with Crippen LogP contribution in [0.5, 0.6) is 5.75 Å². The van der Waals surface area contributed by atoms with Gasteiger partial charge in [-0.2, -0.15) is 0 Å². The average molecular weight is 409 g/mol. The highest BCUT2D eigenvalue weighted by molar-refractivity contribution is 7.18. The zero-order valence-electron chi connectivity index (χ0n) is 13.5. The fourth-order valence-electron chi connectivity index (χ4n) is 3.33. The SMILES string of the molecule is O=C(Nc1cc(Cl)cc(Cl)c1)c1c(O)c2c3c(sc2[nH]c1=O)CCCC3. The normalized spacial score (nSPS) is 13.6. The van der Waals surface area contributed by atoms with Gasteiger partial charge in [-0.1, -0.05) is 23.2 Å². The minimum Gasteiger partial charge on any atom is -0.506 e. The Bertz CT molecular complexity index is 1080. The number of aromatic hydroxyl groups is 1. The van der Waals surface area contributed by atoms with Gasteiger partial charge in [-0.3, -0.25) is 9.59 Å². The highest BCUT2D eigenvalue weighted by atomic mass is 35.5. The molecule has 0 saturated carbocycles. The molecule has 0 aliphatic heterocycles. The zero-order chi connectivity index (χ0) is 18.4. The Morgan fingerprint density at radius 2 is 1.85 bits per heavy atom. The molecule has 0 bridgehead atoms. The molecule has 0 fully saturated rings. The van der Waals surface area contributed by atoms with Crippen LogP contribution in [0.2, 0.25) is 10.0 Å². The van der Waals surface area contributed by atoms with E-state index < -0.39 is 11.5 Å². The topological polar surface area (TPSA) is 82.2 Å². The molecule has 0 radical (unpaired) electrons. The number of aromatic amines is 1. The number of fused-ring (bicyclic) bond motifs is 3. The molecule has 0 saturated heterocycles. The number of carbonyl (C=O) groups excluding carboxylic acids is 1. The minimum atomic E-state index is -0.709. The molecule has 4 rings (SSSR count). The van der Waals surface area contributed by atoms with E-state index in [1.165, 1.54) is 29.5 Å². The quantitative estimate of drug-likeness (QED) is 0.572. The Labute approximate surface area is 162 Å². The summed E-state index contributed by atoms with van der Waals surface area (Å²) < 4.78 is 0. The van der Waals surface area contributed by atoms with Crippen molar-refractivity contribution in [3.8, 4) is 5.75 Å². The number of rotatable bonds is 2. The molecule has 0 unspecified atom stereocenters. The summed E-state index contributed by atoms with van der Waals surface area (Å²) in [4.78, 5) is 29.6. The van der Waals surface area contributed by atoms with Crippen LogP contribution in [0.25, 0.3) is 10.2 Å². The van der Waals surface area contributed by atoms with Crippen LogP contribution < -0.4 is 10.9 Å². The Kier molecular flexibility index (Phi) is 4.42. The van der Waals surface area contributed by atoms with Gasteiger partial charge in [0.2, 0.25) is 0 Å². The lowest BCUT2D eigenvalue weighted by Gasteiger charge is -2.12. The molecule has 0 atom stereocenters. The summed E-state index contributed by atoms with van der Waals surface area (Å²) in [6, 6.07) is 4.57. The number of amides is 1. The predicted molar refractivity (Wildman–Crippen MR) is 105 cm³/mol. The van der Waals surface area contributed by atoms with E-state index in [9.17, 15) is 14.7 Å². The van der Waals surface area contributed by atoms with Gasteiger partial charge in [-0.25, -0.2) is 0 Å². The van der Waals surface area contributed by atoms with E-state index in [1.807, 2.05) is 0 Å². The standard InChI is InChI=1S/C18H14Cl2N2O3S/c19-8-5-9(20)7-10(6-8)21-16(24)14-15(23)13-11-3-1-2-4-12(11)26-18(13)22-17(14)25/h5-7H,1-4H2,(H,21,24)(H2,22,23,25). The second-order valence-corrected chi connectivity index (χ2v) is 8.18. The highest BCUT2D eigenvalue weighted by Crippen LogP contribution is 2.40. The van der Waals surface area contributed by atoms with Crippen LogP contribution in [0.4, 0.5) is 5.69 Å². The Balaban J connectivity index is 1.80. The average Bonchev–Trinajstić information content (AvgIpc) is 2.91. The summed E-state index contributed by atoms with van der Waals surface area (Å²) in [5.74, 6) is -0.978. The fourth-order valence-corrected chi connectivity index (χ4v) is 5.14. The van der Waals surface area contributed by atoms with Crippen molar-refractivity contribution in [1.82, 2.24) is 4.98 Å². The maximum atomic E-state index is 12.6. The largest absolute Gasteiger partial charge is 0.506 e. The number of aryl methyl sites for hydroxylation is 2. The first-order chi connectivity index (χ1) is 12.4. The van der Waals surface area contributed by atoms with Crippen LogP contribution in [0, 0.1) is 0 Å². The molecule has 1 aromatic carbocycles. The number of nitrogens with one attached hydrogen (secondary N) is 2. The monoisotopic (exact) mass is 408 g/mol. The lowest BCUT2D eigenvalue weighted by Crippen LogP contribution is -2.23. The molecule has 8 heteroatoms. The smallest absolute Gasteiger partial charge is 0.265 e. The van der Waals surface area contributed by atoms with Crippen molar-refractivity contribution in [1.29, 1.82) is 0 Å². The second-order valence-electron chi connectivity index (χ2n) is 6.21. The molecular weight excluding hydrogens is 395 g/mol. The first-order valence-corrected chi connectivity index (χ1v) is 9.68. The number of benzene rings is 1. The van der Waals surface area contributed by atoms with Crippen LogP contribution in [0.3, 0.4) is 0 Å². The van der Waals surface area contributed by atoms with Crippen molar-refractivity contribution < 1.29 is 9.90 Å². The van der Waals surface area contributed by atoms with Crippen molar-refractivity contribution >= 4 is 56.3 Å². The highest BCUT2D eigenvalue weighted by Gasteiger charge is 2.25. The maximum absolute atomic E-state index is 12.6. The number of carbonyl (C=O) groups is 1. The van der Waals surface area contributed by atoms with Gasteiger partial charge in [-0.05, 0) is 49.4 Å². The molecule has 1 aliphatic rings. The number of thiophene rings is 1. The zero-order valence-corrected chi connectivity index (χ0v) is 15.8. The van der Waals surface area contributed by atoms with E-state index in [1.54, 1.807) is 0 Å². The summed E-state index contributed by atoms with van der Waals surface area (Å²) >= 11 is 13.3. The third kappa shape index (κ3) is 2.98. The Hall–Kier alpha value is -2.02.